The van der Waals surface area contributed by atoms with Crippen LogP contribution in [-0.2, 0) is 6.42 Å². The molecule has 0 fully saturated rings. The first-order valence-electron chi connectivity index (χ1n) is 6.80. The maximum atomic E-state index is 12.4. The van der Waals surface area contributed by atoms with Crippen molar-refractivity contribution in [2.75, 3.05) is 11.9 Å². The molecule has 2 aromatic carbocycles. The summed E-state index contributed by atoms with van der Waals surface area (Å²) in [6.07, 6.45) is 2.38. The topological polar surface area (TPSA) is 83.8 Å². The van der Waals surface area contributed by atoms with Gasteiger partial charge < -0.3 is 16.0 Å². The third-order valence-electron chi connectivity index (χ3n) is 3.31. The van der Waals surface area contributed by atoms with Crippen LogP contribution in [0.2, 0.25) is 0 Å². The lowest BCUT2D eigenvalue weighted by Crippen LogP contribution is -2.13. The molecule has 0 saturated carbocycles. The van der Waals surface area contributed by atoms with Crippen molar-refractivity contribution in [3.63, 3.8) is 0 Å². The number of rotatable bonds is 4. The van der Waals surface area contributed by atoms with Crippen molar-refractivity contribution >= 4 is 22.6 Å². The van der Waals surface area contributed by atoms with E-state index in [2.05, 4.69) is 15.3 Å². The molecule has 0 spiro atoms. The number of carbonyl (C=O) groups excluding carboxylic acids is 1. The molecule has 5 heteroatoms. The van der Waals surface area contributed by atoms with Crippen LogP contribution < -0.4 is 11.1 Å². The number of para-hydroxylation sites is 1. The Labute approximate surface area is 122 Å². The number of nitrogens with two attached hydrogens (primary N) is 1. The monoisotopic (exact) mass is 280 g/mol. The molecule has 0 aliphatic rings. The summed E-state index contributed by atoms with van der Waals surface area (Å²) < 4.78 is 0. The summed E-state index contributed by atoms with van der Waals surface area (Å²) in [5.41, 5.74) is 9.50. The number of nitrogens with one attached hydrogen (secondary N) is 2. The van der Waals surface area contributed by atoms with Crippen LogP contribution in [0.25, 0.3) is 11.0 Å². The van der Waals surface area contributed by atoms with Gasteiger partial charge in [0.05, 0.1) is 17.4 Å². The van der Waals surface area contributed by atoms with Crippen LogP contribution in [0, 0.1) is 0 Å². The molecule has 3 rings (SSSR count). The van der Waals surface area contributed by atoms with Gasteiger partial charge in [-0.3, -0.25) is 4.79 Å². The van der Waals surface area contributed by atoms with Crippen molar-refractivity contribution in [2.24, 2.45) is 5.73 Å². The van der Waals surface area contributed by atoms with Crippen LogP contribution in [0.1, 0.15) is 15.9 Å². The molecule has 0 aliphatic heterocycles. The first-order chi connectivity index (χ1) is 10.3. The van der Waals surface area contributed by atoms with Crippen LogP contribution in [0.15, 0.2) is 48.8 Å². The minimum absolute atomic E-state index is 0.169. The second-order valence-electron chi connectivity index (χ2n) is 4.80. The van der Waals surface area contributed by atoms with Crippen molar-refractivity contribution in [3.8, 4) is 0 Å². The molecule has 21 heavy (non-hydrogen) atoms. The average molecular weight is 280 g/mol. The van der Waals surface area contributed by atoms with E-state index in [4.69, 9.17) is 5.73 Å². The van der Waals surface area contributed by atoms with Gasteiger partial charge in [0.1, 0.15) is 5.52 Å². The average Bonchev–Trinajstić information content (AvgIpc) is 2.96. The van der Waals surface area contributed by atoms with Crippen LogP contribution in [0.3, 0.4) is 0 Å². The molecule has 106 valence electrons. The number of anilines is 1. The van der Waals surface area contributed by atoms with E-state index in [1.54, 1.807) is 12.4 Å². The Morgan fingerprint density at radius 1 is 1.24 bits per heavy atom. The predicted octanol–water partition coefficient (Wildman–Crippen LogP) is 2.32. The molecular weight excluding hydrogens is 264 g/mol. The van der Waals surface area contributed by atoms with Crippen molar-refractivity contribution in [3.05, 3.63) is 59.9 Å². The molecular formula is C16H16N4O. The van der Waals surface area contributed by atoms with Crippen LogP contribution in [0.5, 0.6) is 0 Å². The molecule has 0 radical (unpaired) electrons. The molecule has 0 unspecified atom stereocenters. The Morgan fingerprint density at radius 2 is 2.10 bits per heavy atom. The van der Waals surface area contributed by atoms with Crippen molar-refractivity contribution < 1.29 is 4.79 Å². The summed E-state index contributed by atoms with van der Waals surface area (Å²) in [6.45, 7) is 0.587. The van der Waals surface area contributed by atoms with Crippen LogP contribution >= 0.6 is 0 Å². The third kappa shape index (κ3) is 2.78. The maximum absolute atomic E-state index is 12.4. The molecule has 0 bridgehead atoms. The quantitative estimate of drug-likeness (QED) is 0.685. The number of hydrogen-bond donors (Lipinski definition) is 3. The lowest BCUT2D eigenvalue weighted by Gasteiger charge is -2.07. The van der Waals surface area contributed by atoms with Gasteiger partial charge in [0, 0.05) is 5.69 Å². The Hall–Kier alpha value is -2.66. The van der Waals surface area contributed by atoms with E-state index >= 15 is 0 Å². The lowest BCUT2D eigenvalue weighted by atomic mass is 10.1. The Bertz CT molecular complexity index is 779. The molecule has 5 nitrogen and oxygen atoms in total. The summed E-state index contributed by atoms with van der Waals surface area (Å²) in [5, 5.41) is 2.91. The predicted molar refractivity (Wildman–Crippen MR) is 83.2 cm³/mol. The summed E-state index contributed by atoms with van der Waals surface area (Å²) in [6, 6.07) is 13.2. The second-order valence-corrected chi connectivity index (χ2v) is 4.80. The molecule has 1 heterocycles. The molecule has 4 N–H and O–H groups in total. The van der Waals surface area contributed by atoms with E-state index in [0.29, 0.717) is 17.6 Å². The number of imidazole rings is 1. The number of carbonyl (C=O) groups is 1. The van der Waals surface area contributed by atoms with Gasteiger partial charge in [0.2, 0.25) is 0 Å². The van der Waals surface area contributed by atoms with Gasteiger partial charge >= 0.3 is 0 Å². The third-order valence-corrected chi connectivity index (χ3v) is 3.31. The standard InChI is InChI=1S/C16H16N4O/c17-8-7-11-3-1-4-12(9-11)20-16(21)13-5-2-6-14-15(13)19-10-18-14/h1-6,9-10H,7-8,17H2,(H,18,19)(H,20,21). The lowest BCUT2D eigenvalue weighted by molar-refractivity contribution is 0.102. The number of aromatic nitrogens is 2. The first kappa shape index (κ1) is 13.3. The van der Waals surface area contributed by atoms with Gasteiger partial charge in [0.25, 0.3) is 5.91 Å². The number of amides is 1. The minimum atomic E-state index is -0.169. The second kappa shape index (κ2) is 5.76. The van der Waals surface area contributed by atoms with E-state index < -0.39 is 0 Å². The van der Waals surface area contributed by atoms with Gasteiger partial charge in [-0.25, -0.2) is 4.98 Å². The van der Waals surface area contributed by atoms with E-state index in [9.17, 15) is 4.79 Å². The number of H-pyrrole nitrogens is 1. The van der Waals surface area contributed by atoms with E-state index in [1.807, 2.05) is 36.4 Å². The largest absolute Gasteiger partial charge is 0.345 e. The number of hydrogen-bond acceptors (Lipinski definition) is 3. The highest BCUT2D eigenvalue weighted by Crippen LogP contribution is 2.17. The number of benzene rings is 2. The fraction of sp³-hybridized carbons (Fsp3) is 0.125. The van der Waals surface area contributed by atoms with Gasteiger partial charge in [-0.05, 0) is 42.8 Å². The summed E-state index contributed by atoms with van der Waals surface area (Å²) >= 11 is 0. The van der Waals surface area contributed by atoms with E-state index in [0.717, 1.165) is 23.2 Å². The van der Waals surface area contributed by atoms with Gasteiger partial charge in [-0.15, -0.1) is 0 Å². The summed E-state index contributed by atoms with van der Waals surface area (Å²) in [5.74, 6) is -0.169. The Balaban J connectivity index is 1.86. The van der Waals surface area contributed by atoms with Gasteiger partial charge in [-0.2, -0.15) is 0 Å². The van der Waals surface area contributed by atoms with Crippen molar-refractivity contribution in [2.45, 2.75) is 6.42 Å². The van der Waals surface area contributed by atoms with Gasteiger partial charge in [-0.1, -0.05) is 18.2 Å². The molecule has 1 aromatic heterocycles. The van der Waals surface area contributed by atoms with Crippen LogP contribution in [-0.4, -0.2) is 22.4 Å². The molecule has 0 saturated heterocycles. The van der Waals surface area contributed by atoms with Crippen molar-refractivity contribution in [1.29, 1.82) is 0 Å². The zero-order valence-electron chi connectivity index (χ0n) is 11.5. The number of nitrogens with zero attached hydrogens (tertiary/aromatic N) is 1. The highest BCUT2D eigenvalue weighted by atomic mass is 16.1. The zero-order chi connectivity index (χ0) is 14.7. The summed E-state index contributed by atoms with van der Waals surface area (Å²) in [7, 11) is 0. The fourth-order valence-electron chi connectivity index (χ4n) is 2.32. The molecule has 0 aliphatic carbocycles. The Kier molecular flexibility index (Phi) is 3.66. The maximum Gasteiger partial charge on any atom is 0.257 e. The van der Waals surface area contributed by atoms with E-state index in [-0.39, 0.29) is 5.91 Å². The first-order valence-corrected chi connectivity index (χ1v) is 6.80. The van der Waals surface area contributed by atoms with Crippen molar-refractivity contribution in [1.82, 2.24) is 9.97 Å². The Morgan fingerprint density at radius 3 is 2.95 bits per heavy atom. The normalized spacial score (nSPS) is 10.7. The SMILES string of the molecule is NCCc1cccc(NC(=O)c2cccc3[nH]cnc23)c1. The summed E-state index contributed by atoms with van der Waals surface area (Å²) in [4.78, 5) is 19.6. The highest BCUT2D eigenvalue weighted by Gasteiger charge is 2.11. The van der Waals surface area contributed by atoms with Crippen LogP contribution in [0.4, 0.5) is 5.69 Å². The highest BCUT2D eigenvalue weighted by molar-refractivity contribution is 6.11. The molecule has 1 amide bonds. The zero-order valence-corrected chi connectivity index (χ0v) is 11.5. The molecule has 0 atom stereocenters. The number of fused-ring (bicyclic) bond motifs is 1. The van der Waals surface area contributed by atoms with E-state index in [1.165, 1.54) is 0 Å². The smallest absolute Gasteiger partial charge is 0.257 e. The molecule has 3 aromatic rings. The number of aromatic amines is 1. The fourth-order valence-corrected chi connectivity index (χ4v) is 2.32. The van der Waals surface area contributed by atoms with Gasteiger partial charge in [0.15, 0.2) is 0 Å². The minimum Gasteiger partial charge on any atom is -0.345 e.